The van der Waals surface area contributed by atoms with Gasteiger partial charge in [-0.25, -0.2) is 4.79 Å². The van der Waals surface area contributed by atoms with Crippen LogP contribution in [0.15, 0.2) is 0 Å². The van der Waals surface area contributed by atoms with Crippen LogP contribution in [0.25, 0.3) is 0 Å². The van der Waals surface area contributed by atoms with Gasteiger partial charge in [-0.05, 0) is 0 Å². The van der Waals surface area contributed by atoms with Crippen molar-refractivity contribution in [2.24, 2.45) is 0 Å². The number of hydrogen-bond acceptors (Lipinski definition) is 5. The van der Waals surface area contributed by atoms with Crippen LogP contribution in [0.4, 0.5) is 0 Å². The Balaban J connectivity index is 2.67. The number of carboxylic acids is 2. The van der Waals surface area contributed by atoms with Crippen LogP contribution < -0.4 is 10.6 Å². The van der Waals surface area contributed by atoms with Gasteiger partial charge in [0.2, 0.25) is 0 Å². The average Bonchev–Trinajstić information content (AvgIpc) is 2.33. The number of aliphatic carboxylic acids is 2. The largest absolute Gasteiger partial charge is 0.480 e. The molecule has 1 saturated heterocycles. The molecule has 0 saturated carbocycles. The van der Waals surface area contributed by atoms with Gasteiger partial charge in [0.15, 0.2) is 0 Å². The van der Waals surface area contributed by atoms with E-state index < -0.39 is 23.8 Å². The van der Waals surface area contributed by atoms with E-state index in [1.807, 2.05) is 5.32 Å². The van der Waals surface area contributed by atoms with Crippen LogP contribution in [0.5, 0.6) is 0 Å². The van der Waals surface area contributed by atoms with E-state index >= 15 is 0 Å². The molecule has 5 N–H and O–H groups in total. The summed E-state index contributed by atoms with van der Waals surface area (Å²) in [7, 11) is 0. The van der Waals surface area contributed by atoms with E-state index in [1.165, 1.54) is 0 Å². The minimum absolute atomic E-state index is 0.127. The highest BCUT2D eigenvalue weighted by molar-refractivity contribution is 5.80. The van der Waals surface area contributed by atoms with Crippen LogP contribution in [0.2, 0.25) is 0 Å². The van der Waals surface area contributed by atoms with Crippen LogP contribution in [0, 0.1) is 0 Å². The first kappa shape index (κ1) is 8.91. The third kappa shape index (κ3) is 1.37. The standard InChI is InChI=1S/C5H8N2O5/c8-3(9)2-1-6-5(12,7-2)4(10)11/h2,6-7,12H,1H2,(H,8,9)(H,10,11). The normalized spacial score (nSPS) is 34.9. The SMILES string of the molecule is O=C(O)C1CNC(O)(C(=O)O)N1. The van der Waals surface area contributed by atoms with Crippen molar-refractivity contribution in [1.82, 2.24) is 10.6 Å². The third-order valence-corrected chi connectivity index (χ3v) is 1.55. The van der Waals surface area contributed by atoms with Crippen LogP contribution >= 0.6 is 0 Å². The highest BCUT2D eigenvalue weighted by Crippen LogP contribution is 2.05. The second kappa shape index (κ2) is 2.70. The van der Waals surface area contributed by atoms with Gasteiger partial charge in [-0.15, -0.1) is 0 Å². The molecule has 0 bridgehead atoms. The van der Waals surface area contributed by atoms with Crippen molar-refractivity contribution in [2.45, 2.75) is 11.9 Å². The monoisotopic (exact) mass is 176 g/mol. The summed E-state index contributed by atoms with van der Waals surface area (Å²) in [5.74, 6) is -5.07. The summed E-state index contributed by atoms with van der Waals surface area (Å²) in [5.41, 5.74) is 0. The number of carbonyl (C=O) groups is 2. The topological polar surface area (TPSA) is 119 Å². The number of hydrogen-bond donors (Lipinski definition) is 5. The first-order chi connectivity index (χ1) is 5.46. The first-order valence-corrected chi connectivity index (χ1v) is 3.17. The molecule has 0 aliphatic carbocycles. The van der Waals surface area contributed by atoms with E-state index in [4.69, 9.17) is 15.3 Å². The maximum atomic E-state index is 10.3. The highest BCUT2D eigenvalue weighted by Gasteiger charge is 2.45. The second-order valence-electron chi connectivity index (χ2n) is 2.43. The van der Waals surface area contributed by atoms with Gasteiger partial charge >= 0.3 is 11.9 Å². The molecule has 12 heavy (non-hydrogen) atoms. The van der Waals surface area contributed by atoms with E-state index in [-0.39, 0.29) is 6.54 Å². The number of nitrogens with one attached hydrogen (secondary N) is 2. The van der Waals surface area contributed by atoms with E-state index in [0.29, 0.717) is 0 Å². The van der Waals surface area contributed by atoms with Gasteiger partial charge in [0, 0.05) is 6.54 Å². The molecular formula is C5H8N2O5. The predicted octanol–water partition coefficient (Wildman–Crippen LogP) is -2.64. The Kier molecular flexibility index (Phi) is 2.01. The molecule has 2 atom stereocenters. The molecule has 0 aromatic rings. The van der Waals surface area contributed by atoms with Crippen molar-refractivity contribution in [2.75, 3.05) is 6.54 Å². The molecule has 1 heterocycles. The van der Waals surface area contributed by atoms with E-state index in [9.17, 15) is 9.59 Å². The summed E-state index contributed by atoms with van der Waals surface area (Å²) >= 11 is 0. The summed E-state index contributed by atoms with van der Waals surface area (Å²) in [6.45, 7) is -0.127. The second-order valence-corrected chi connectivity index (χ2v) is 2.43. The molecule has 68 valence electrons. The minimum Gasteiger partial charge on any atom is -0.480 e. The zero-order valence-corrected chi connectivity index (χ0v) is 5.94. The summed E-state index contributed by atoms with van der Waals surface area (Å²) in [5, 5.41) is 30.1. The molecular weight excluding hydrogens is 168 g/mol. The summed E-state index contributed by atoms with van der Waals surface area (Å²) in [6.07, 6.45) is 0. The molecule has 0 aromatic heterocycles. The molecule has 1 fully saturated rings. The Labute approximate surface area is 67.0 Å². The van der Waals surface area contributed by atoms with Crippen LogP contribution in [0.3, 0.4) is 0 Å². The fourth-order valence-corrected chi connectivity index (χ4v) is 0.890. The van der Waals surface area contributed by atoms with Gasteiger partial charge < -0.3 is 15.3 Å². The molecule has 7 heteroatoms. The van der Waals surface area contributed by atoms with Crippen molar-refractivity contribution in [3.05, 3.63) is 0 Å². The van der Waals surface area contributed by atoms with Gasteiger partial charge in [-0.1, -0.05) is 0 Å². The Morgan fingerprint density at radius 3 is 2.25 bits per heavy atom. The fraction of sp³-hybridized carbons (Fsp3) is 0.600. The molecule has 7 nitrogen and oxygen atoms in total. The molecule has 2 unspecified atom stereocenters. The minimum atomic E-state index is -2.32. The predicted molar refractivity (Wildman–Crippen MR) is 35.1 cm³/mol. The lowest BCUT2D eigenvalue weighted by Crippen LogP contribution is -2.57. The van der Waals surface area contributed by atoms with Crippen molar-refractivity contribution >= 4 is 11.9 Å². The number of rotatable bonds is 2. The first-order valence-electron chi connectivity index (χ1n) is 3.17. The molecule has 1 aliphatic rings. The molecule has 1 rings (SSSR count). The summed E-state index contributed by atoms with van der Waals surface area (Å²) < 4.78 is 0. The van der Waals surface area contributed by atoms with Gasteiger partial charge in [-0.2, -0.15) is 0 Å². The number of aliphatic hydroxyl groups is 1. The Hall–Kier alpha value is -1.18. The Bertz CT molecular complexity index is 230. The summed E-state index contributed by atoms with van der Waals surface area (Å²) in [6, 6.07) is -1.08. The zero-order chi connectivity index (χ0) is 9.35. The zero-order valence-electron chi connectivity index (χ0n) is 5.94. The molecule has 1 aliphatic heterocycles. The van der Waals surface area contributed by atoms with Crippen molar-refractivity contribution in [3.63, 3.8) is 0 Å². The van der Waals surface area contributed by atoms with Gasteiger partial charge in [-0.3, -0.25) is 15.4 Å². The van der Waals surface area contributed by atoms with Crippen LogP contribution in [-0.2, 0) is 9.59 Å². The van der Waals surface area contributed by atoms with Gasteiger partial charge in [0.05, 0.1) is 0 Å². The molecule has 0 amide bonds. The maximum Gasteiger partial charge on any atom is 0.367 e. The molecule has 0 radical (unpaired) electrons. The third-order valence-electron chi connectivity index (χ3n) is 1.55. The Morgan fingerprint density at radius 2 is 2.00 bits per heavy atom. The lowest BCUT2D eigenvalue weighted by molar-refractivity contribution is -0.164. The molecule has 0 aromatic carbocycles. The van der Waals surface area contributed by atoms with E-state index in [0.717, 1.165) is 0 Å². The molecule has 0 spiro atoms. The highest BCUT2D eigenvalue weighted by atomic mass is 16.4. The average molecular weight is 176 g/mol. The van der Waals surface area contributed by atoms with Gasteiger partial charge in [0.1, 0.15) is 6.04 Å². The smallest absolute Gasteiger partial charge is 0.367 e. The quantitative estimate of drug-likeness (QED) is 0.312. The Morgan fingerprint density at radius 1 is 1.42 bits per heavy atom. The van der Waals surface area contributed by atoms with Crippen molar-refractivity contribution in [1.29, 1.82) is 0 Å². The maximum absolute atomic E-state index is 10.3. The van der Waals surface area contributed by atoms with Crippen LogP contribution in [0.1, 0.15) is 0 Å². The summed E-state index contributed by atoms with van der Waals surface area (Å²) in [4.78, 5) is 20.6. The lowest BCUT2D eigenvalue weighted by atomic mass is 10.3. The van der Waals surface area contributed by atoms with E-state index in [2.05, 4.69) is 5.32 Å². The van der Waals surface area contributed by atoms with Crippen molar-refractivity contribution < 1.29 is 24.9 Å². The lowest BCUT2D eigenvalue weighted by Gasteiger charge is -2.16. The van der Waals surface area contributed by atoms with E-state index in [1.54, 1.807) is 0 Å². The number of carboxylic acid groups (broad SMARTS) is 2. The van der Waals surface area contributed by atoms with Gasteiger partial charge in [0.25, 0.3) is 5.85 Å². The fourth-order valence-electron chi connectivity index (χ4n) is 0.890. The van der Waals surface area contributed by atoms with Crippen LogP contribution in [-0.4, -0.2) is 45.7 Å². The van der Waals surface area contributed by atoms with Crippen molar-refractivity contribution in [3.8, 4) is 0 Å².